The van der Waals surface area contributed by atoms with Crippen LogP contribution in [-0.4, -0.2) is 12.5 Å². The number of ether oxygens (including phenoxy) is 1. The van der Waals surface area contributed by atoms with E-state index in [-0.39, 0.29) is 11.3 Å². The monoisotopic (exact) mass is 309 g/mol. The van der Waals surface area contributed by atoms with Crippen molar-refractivity contribution in [1.82, 2.24) is 5.32 Å². The Balaban J connectivity index is 2.08. The third kappa shape index (κ3) is 4.25. The number of rotatable bonds is 5. The van der Waals surface area contributed by atoms with Crippen LogP contribution < -0.4 is 10.1 Å². The van der Waals surface area contributed by atoms with Gasteiger partial charge in [-0.15, -0.1) is 0 Å². The third-order valence-electron chi connectivity index (χ3n) is 3.02. The molecule has 0 radical (unpaired) electrons. The van der Waals surface area contributed by atoms with Crippen molar-refractivity contribution >= 4 is 5.91 Å². The number of carbonyl (C=O) groups excluding carboxylic acids is 1. The van der Waals surface area contributed by atoms with Crippen LogP contribution in [0.25, 0.3) is 0 Å². The molecular weight excluding hydrogens is 295 g/mol. The van der Waals surface area contributed by atoms with Gasteiger partial charge >= 0.3 is 6.61 Å². The van der Waals surface area contributed by atoms with Crippen molar-refractivity contribution in [2.24, 2.45) is 0 Å². The van der Waals surface area contributed by atoms with E-state index >= 15 is 0 Å². The number of hydrogen-bond donors (Lipinski definition) is 1. The Bertz CT molecular complexity index is 661. The van der Waals surface area contributed by atoms with Gasteiger partial charge in [-0.1, -0.05) is 18.2 Å². The lowest BCUT2D eigenvalue weighted by Gasteiger charge is -2.15. The number of nitrogens with one attached hydrogen (secondary N) is 1. The van der Waals surface area contributed by atoms with E-state index in [9.17, 15) is 18.0 Å². The summed E-state index contributed by atoms with van der Waals surface area (Å²) in [5.41, 5.74) is 0.787. The molecule has 3 nitrogen and oxygen atoms in total. The third-order valence-corrected chi connectivity index (χ3v) is 3.02. The number of hydrogen-bond acceptors (Lipinski definition) is 2. The molecule has 6 heteroatoms. The molecule has 116 valence electrons. The zero-order valence-corrected chi connectivity index (χ0v) is 11.7. The van der Waals surface area contributed by atoms with E-state index in [1.807, 2.05) is 0 Å². The number of alkyl halides is 2. The summed E-state index contributed by atoms with van der Waals surface area (Å²) < 4.78 is 41.8. The molecule has 1 amide bonds. The predicted octanol–water partition coefficient (Wildman–Crippen LogP) is 3.92. The lowest BCUT2D eigenvalue weighted by atomic mass is 10.1. The fraction of sp³-hybridized carbons (Fsp3) is 0.188. The molecule has 2 rings (SSSR count). The first-order valence-electron chi connectivity index (χ1n) is 6.57. The SMILES string of the molecule is C[C@H](NC(=O)c1cccc(F)c1)c1cccc(OC(F)F)c1. The maximum absolute atomic E-state index is 13.1. The fourth-order valence-corrected chi connectivity index (χ4v) is 1.95. The molecule has 0 aliphatic rings. The minimum absolute atomic E-state index is 0.0133. The molecule has 0 heterocycles. The lowest BCUT2D eigenvalue weighted by Crippen LogP contribution is -2.26. The van der Waals surface area contributed by atoms with Crippen LogP contribution in [0, 0.1) is 5.82 Å². The van der Waals surface area contributed by atoms with E-state index in [0.717, 1.165) is 6.07 Å². The fourth-order valence-electron chi connectivity index (χ4n) is 1.95. The van der Waals surface area contributed by atoms with Crippen molar-refractivity contribution in [2.45, 2.75) is 19.6 Å². The molecule has 0 saturated carbocycles. The summed E-state index contributed by atoms with van der Waals surface area (Å²) in [7, 11) is 0. The Morgan fingerprint density at radius 1 is 1.14 bits per heavy atom. The van der Waals surface area contributed by atoms with Crippen LogP contribution in [0.2, 0.25) is 0 Å². The highest BCUT2D eigenvalue weighted by molar-refractivity contribution is 5.94. The highest BCUT2D eigenvalue weighted by Gasteiger charge is 2.13. The molecular formula is C16H14F3NO2. The summed E-state index contributed by atoms with van der Waals surface area (Å²) in [5, 5.41) is 2.67. The van der Waals surface area contributed by atoms with Crippen molar-refractivity contribution in [1.29, 1.82) is 0 Å². The van der Waals surface area contributed by atoms with Gasteiger partial charge in [0.1, 0.15) is 11.6 Å². The zero-order chi connectivity index (χ0) is 16.1. The van der Waals surface area contributed by atoms with Gasteiger partial charge in [-0.2, -0.15) is 8.78 Å². The van der Waals surface area contributed by atoms with E-state index in [1.165, 1.54) is 30.3 Å². The first kappa shape index (κ1) is 15.9. The quantitative estimate of drug-likeness (QED) is 0.909. The Labute approximate surface area is 125 Å². The number of halogens is 3. The van der Waals surface area contributed by atoms with Crippen LogP contribution >= 0.6 is 0 Å². The van der Waals surface area contributed by atoms with Gasteiger partial charge < -0.3 is 10.1 Å². The molecule has 1 atom stereocenters. The highest BCUT2D eigenvalue weighted by Crippen LogP contribution is 2.21. The summed E-state index contributed by atoms with van der Waals surface area (Å²) in [4.78, 5) is 12.0. The summed E-state index contributed by atoms with van der Waals surface area (Å²) in [6, 6.07) is 10.9. The van der Waals surface area contributed by atoms with Gasteiger partial charge in [0.05, 0.1) is 6.04 Å². The van der Waals surface area contributed by atoms with Crippen LogP contribution in [0.4, 0.5) is 13.2 Å². The summed E-state index contributed by atoms with van der Waals surface area (Å²) >= 11 is 0. The van der Waals surface area contributed by atoms with Gasteiger partial charge in [0.2, 0.25) is 0 Å². The topological polar surface area (TPSA) is 38.3 Å². The molecule has 1 N–H and O–H groups in total. The molecule has 0 spiro atoms. The van der Waals surface area contributed by atoms with Gasteiger partial charge in [0.15, 0.2) is 0 Å². The standard InChI is InChI=1S/C16H14F3NO2/c1-10(11-4-3-7-14(9-11)22-16(18)19)20-15(21)12-5-2-6-13(17)8-12/h2-10,16H,1H3,(H,20,21)/t10-/m0/s1. The van der Waals surface area contributed by atoms with Gasteiger partial charge in [0.25, 0.3) is 5.91 Å². The van der Waals surface area contributed by atoms with Crippen LogP contribution in [0.1, 0.15) is 28.9 Å². The second kappa shape index (κ2) is 6.98. The Morgan fingerprint density at radius 3 is 2.55 bits per heavy atom. The van der Waals surface area contributed by atoms with Crippen molar-refractivity contribution in [3.63, 3.8) is 0 Å². The largest absolute Gasteiger partial charge is 0.435 e. The second-order valence-electron chi connectivity index (χ2n) is 4.66. The minimum atomic E-state index is -2.91. The van der Waals surface area contributed by atoms with Crippen LogP contribution in [-0.2, 0) is 0 Å². The molecule has 2 aromatic rings. The molecule has 0 aliphatic heterocycles. The first-order chi connectivity index (χ1) is 10.5. The van der Waals surface area contributed by atoms with Crippen LogP contribution in [0.15, 0.2) is 48.5 Å². The van der Waals surface area contributed by atoms with E-state index in [0.29, 0.717) is 5.56 Å². The molecule has 0 bridgehead atoms. The molecule has 0 aromatic heterocycles. The average Bonchev–Trinajstić information content (AvgIpc) is 2.46. The Morgan fingerprint density at radius 2 is 1.86 bits per heavy atom. The van der Waals surface area contributed by atoms with Gasteiger partial charge in [0, 0.05) is 5.56 Å². The smallest absolute Gasteiger partial charge is 0.387 e. The van der Waals surface area contributed by atoms with E-state index in [2.05, 4.69) is 10.1 Å². The Kier molecular flexibility index (Phi) is 5.04. The number of carbonyl (C=O) groups is 1. The van der Waals surface area contributed by atoms with Crippen LogP contribution in [0.3, 0.4) is 0 Å². The minimum Gasteiger partial charge on any atom is -0.435 e. The summed E-state index contributed by atoms with van der Waals surface area (Å²) in [6.07, 6.45) is 0. The van der Waals surface area contributed by atoms with E-state index in [1.54, 1.807) is 19.1 Å². The predicted molar refractivity (Wildman–Crippen MR) is 75.4 cm³/mol. The normalized spacial score (nSPS) is 12.0. The first-order valence-corrected chi connectivity index (χ1v) is 6.57. The Hall–Kier alpha value is -2.50. The van der Waals surface area contributed by atoms with E-state index < -0.39 is 24.4 Å². The summed E-state index contributed by atoms with van der Waals surface area (Å²) in [5.74, 6) is -0.945. The maximum Gasteiger partial charge on any atom is 0.387 e. The van der Waals surface area contributed by atoms with Crippen molar-refractivity contribution in [2.75, 3.05) is 0 Å². The second-order valence-corrected chi connectivity index (χ2v) is 4.66. The number of benzene rings is 2. The highest BCUT2D eigenvalue weighted by atomic mass is 19.3. The van der Waals surface area contributed by atoms with Crippen molar-refractivity contribution < 1.29 is 22.7 Å². The zero-order valence-electron chi connectivity index (χ0n) is 11.7. The van der Waals surface area contributed by atoms with E-state index in [4.69, 9.17) is 0 Å². The molecule has 0 fully saturated rings. The maximum atomic E-state index is 13.1. The molecule has 0 unspecified atom stereocenters. The van der Waals surface area contributed by atoms with Gasteiger partial charge in [-0.3, -0.25) is 4.79 Å². The van der Waals surface area contributed by atoms with Crippen molar-refractivity contribution in [3.05, 3.63) is 65.5 Å². The van der Waals surface area contributed by atoms with Gasteiger partial charge in [-0.25, -0.2) is 4.39 Å². The molecule has 2 aromatic carbocycles. The molecule has 0 aliphatic carbocycles. The summed E-state index contributed by atoms with van der Waals surface area (Å²) in [6.45, 7) is -1.22. The van der Waals surface area contributed by atoms with Crippen LogP contribution in [0.5, 0.6) is 5.75 Å². The van der Waals surface area contributed by atoms with Crippen molar-refractivity contribution in [3.8, 4) is 5.75 Å². The average molecular weight is 309 g/mol. The molecule has 22 heavy (non-hydrogen) atoms. The van der Waals surface area contributed by atoms with Gasteiger partial charge in [-0.05, 0) is 42.8 Å². The lowest BCUT2D eigenvalue weighted by molar-refractivity contribution is -0.0499. The molecule has 0 saturated heterocycles. The number of amides is 1.